The van der Waals surface area contributed by atoms with Gasteiger partial charge in [-0.3, -0.25) is 19.4 Å². The molecule has 0 saturated carbocycles. The number of phenols is 1. The summed E-state index contributed by atoms with van der Waals surface area (Å²) in [5, 5.41) is 37.0. The number of anilines is 3. The average Bonchev–Trinajstić information content (AvgIpc) is 4.16. The Morgan fingerprint density at radius 3 is 2.32 bits per heavy atom. The molecule has 0 bridgehead atoms. The molecule has 0 unspecified atom stereocenters. The van der Waals surface area contributed by atoms with Gasteiger partial charge in [-0.05, 0) is 60.3 Å². The molecule has 20 nitrogen and oxygen atoms in total. The molecule has 4 atom stereocenters. The van der Waals surface area contributed by atoms with E-state index in [1.807, 2.05) is 87.8 Å². The van der Waals surface area contributed by atoms with Crippen molar-refractivity contribution >= 4 is 40.3 Å². The third-order valence-corrected chi connectivity index (χ3v) is 15.9. The van der Waals surface area contributed by atoms with Gasteiger partial charge in [0.15, 0.2) is 11.6 Å². The number of aryl methyl sites for hydroxylation is 1. The van der Waals surface area contributed by atoms with Gasteiger partial charge < -0.3 is 54.7 Å². The first-order valence-corrected chi connectivity index (χ1v) is 26.6. The number of nitrogen functional groups attached to an aromatic ring is 1. The van der Waals surface area contributed by atoms with E-state index >= 15 is 0 Å². The number of benzene rings is 2. The summed E-state index contributed by atoms with van der Waals surface area (Å²) in [4.78, 5) is 48.8. The largest absolute Gasteiger partial charge is 0.507 e. The molecule has 10 rings (SSSR count). The number of carbonyl (C=O) groups excluding carboxylic acids is 2. The van der Waals surface area contributed by atoms with Crippen molar-refractivity contribution in [1.29, 1.82) is 0 Å². The van der Waals surface area contributed by atoms with Crippen molar-refractivity contribution in [2.24, 2.45) is 5.92 Å². The van der Waals surface area contributed by atoms with Gasteiger partial charge in [0.2, 0.25) is 17.7 Å². The van der Waals surface area contributed by atoms with Crippen LogP contribution in [0.4, 0.5) is 17.2 Å². The zero-order valence-corrected chi connectivity index (χ0v) is 43.7. The lowest BCUT2D eigenvalue weighted by Gasteiger charge is -2.56. The van der Waals surface area contributed by atoms with Crippen LogP contribution < -0.4 is 30.3 Å². The summed E-state index contributed by atoms with van der Waals surface area (Å²) in [5.41, 5.74) is 13.9. The minimum Gasteiger partial charge on any atom is -0.507 e. The highest BCUT2D eigenvalue weighted by Gasteiger charge is 2.49. The van der Waals surface area contributed by atoms with E-state index in [1.54, 1.807) is 35.7 Å². The SMILES string of the molecule is Cc1ncsc1-c1ccc([C@H](C)NC(=O)[C@@H]2C[C@@H](O)CN2C(=O)[C@@H](c2cc(OCCN3CCN(CCOc4cc(N5CCN(c6cc(-c7ccccc7O)nnc6N)CC56COC6)ccn4)CC3)no2)C(C)C)cc1. The van der Waals surface area contributed by atoms with Crippen LogP contribution in [0.1, 0.15) is 56.2 Å². The van der Waals surface area contributed by atoms with Gasteiger partial charge in [0.25, 0.3) is 5.88 Å². The predicted octanol–water partition coefficient (Wildman–Crippen LogP) is 5.00. The second-order valence-corrected chi connectivity index (χ2v) is 21.2. The van der Waals surface area contributed by atoms with Crippen molar-refractivity contribution in [2.45, 2.75) is 63.8 Å². The number of thiazole rings is 1. The molecule has 6 aromatic rings. The van der Waals surface area contributed by atoms with E-state index in [0.717, 1.165) is 72.3 Å². The molecule has 0 radical (unpaired) electrons. The van der Waals surface area contributed by atoms with Crippen LogP contribution in [-0.2, 0) is 14.3 Å². The number of ether oxygens (including phenoxy) is 3. The molecule has 2 amide bonds. The summed E-state index contributed by atoms with van der Waals surface area (Å²) in [7, 11) is 0. The number of β-amino-alcohol motifs (C(OH)–C–C–N with tert-alkyl or cyclic N) is 1. The summed E-state index contributed by atoms with van der Waals surface area (Å²) < 4.78 is 23.8. The van der Waals surface area contributed by atoms with Crippen molar-refractivity contribution in [2.75, 3.05) is 107 Å². The number of amides is 2. The zero-order valence-electron chi connectivity index (χ0n) is 42.9. The number of nitrogens with one attached hydrogen (secondary N) is 1. The highest BCUT2D eigenvalue weighted by molar-refractivity contribution is 7.13. The lowest BCUT2D eigenvalue weighted by molar-refractivity contribution is -0.141. The number of aromatic hydroxyl groups is 1. The summed E-state index contributed by atoms with van der Waals surface area (Å²) in [6, 6.07) is 21.5. The van der Waals surface area contributed by atoms with Crippen molar-refractivity contribution in [3.05, 3.63) is 102 Å². The van der Waals surface area contributed by atoms with Gasteiger partial charge in [-0.2, -0.15) is 0 Å². The van der Waals surface area contributed by atoms with E-state index in [4.69, 9.17) is 24.5 Å². The number of piperazine rings is 2. The molecule has 2 aromatic carbocycles. The number of nitrogens with two attached hydrogens (primary N) is 1. The first-order valence-electron chi connectivity index (χ1n) is 25.8. The fraction of sp³-hybridized carbons (Fsp3) is 0.463. The van der Waals surface area contributed by atoms with Gasteiger partial charge in [-0.25, -0.2) is 9.97 Å². The zero-order chi connectivity index (χ0) is 52.2. The Labute approximate surface area is 440 Å². The number of hydrogen-bond acceptors (Lipinski definition) is 19. The molecule has 4 aromatic heterocycles. The first-order chi connectivity index (χ1) is 36.3. The van der Waals surface area contributed by atoms with Crippen molar-refractivity contribution in [3.8, 4) is 39.2 Å². The summed E-state index contributed by atoms with van der Waals surface area (Å²) >= 11 is 1.59. The highest BCUT2D eigenvalue weighted by atomic mass is 32.1. The fourth-order valence-corrected chi connectivity index (χ4v) is 11.5. The van der Waals surface area contributed by atoms with Crippen LogP contribution in [0.15, 0.2) is 89.0 Å². The third kappa shape index (κ3) is 11.4. The molecule has 0 aliphatic carbocycles. The second-order valence-electron chi connectivity index (χ2n) is 20.3. The Bertz CT molecular complexity index is 2930. The predicted molar refractivity (Wildman–Crippen MR) is 284 cm³/mol. The van der Waals surface area contributed by atoms with Crippen molar-refractivity contribution < 1.29 is 38.5 Å². The monoisotopic (exact) mass is 1040 g/mol. The van der Waals surface area contributed by atoms with Crippen molar-refractivity contribution in [1.82, 2.24) is 45.3 Å². The number of rotatable bonds is 18. The molecule has 75 heavy (non-hydrogen) atoms. The Hall–Kier alpha value is -6.91. The number of likely N-dealkylation sites (tertiary alicyclic amines) is 1. The van der Waals surface area contributed by atoms with Gasteiger partial charge in [0.05, 0.1) is 52.8 Å². The van der Waals surface area contributed by atoms with Gasteiger partial charge >= 0.3 is 0 Å². The standard InChI is InChI=1S/C54H66N12O8S/c1-34(2)49(53(70)65-29-40(67)26-44(65)52(69)58-35(3)37-9-11-38(12-10-37)50-36(4)57-33-75-50)46-28-48(61-74-46)73-24-22-63-17-15-62(16-18-63)21-23-72-47-25-39(13-14-56-47)66-20-19-64(30-54(66)31-71-32-54)43-27-42(59-60-51(43)55)41-7-5-6-8-45(41)68/h5-14,25,27-28,33-35,40,44,49,67-68H,15-24,26,29-32H2,1-4H3,(H2,55,60)(H,58,69)/t35-,40+,44-,49+/m0/s1. The average molecular weight is 1040 g/mol. The molecule has 4 fully saturated rings. The number of pyridine rings is 1. The smallest absolute Gasteiger partial charge is 0.254 e. The summed E-state index contributed by atoms with van der Waals surface area (Å²) in [5.74, 6) is 0.171. The maximum absolute atomic E-state index is 14.2. The first kappa shape index (κ1) is 51.6. The van der Waals surface area contributed by atoms with Gasteiger partial charge in [-0.15, -0.1) is 21.5 Å². The number of aliphatic hydroxyl groups is 1. The van der Waals surface area contributed by atoms with Crippen LogP contribution in [0.25, 0.3) is 21.7 Å². The van der Waals surface area contributed by atoms with Gasteiger partial charge in [0.1, 0.15) is 36.5 Å². The molecule has 4 aliphatic rings. The number of hydrogen-bond donors (Lipinski definition) is 4. The molecular weight excluding hydrogens is 977 g/mol. The lowest BCUT2D eigenvalue weighted by Crippen LogP contribution is -2.72. The molecule has 396 valence electrons. The van der Waals surface area contributed by atoms with E-state index in [9.17, 15) is 19.8 Å². The minimum atomic E-state index is -0.834. The Morgan fingerprint density at radius 1 is 0.907 bits per heavy atom. The Balaban J connectivity index is 0.661. The maximum Gasteiger partial charge on any atom is 0.254 e. The maximum atomic E-state index is 14.2. The summed E-state index contributed by atoms with van der Waals surface area (Å²) in [6.45, 7) is 16.9. The molecule has 4 aliphatic heterocycles. The Kier molecular flexibility index (Phi) is 15.5. The number of aliphatic hydroxyl groups excluding tert-OH is 1. The van der Waals surface area contributed by atoms with Crippen LogP contribution in [0.2, 0.25) is 0 Å². The normalized spacial score (nSPS) is 19.8. The van der Waals surface area contributed by atoms with Gasteiger partial charge in [0, 0.05) is 101 Å². The molecule has 8 heterocycles. The van der Waals surface area contributed by atoms with Gasteiger partial charge in [-0.1, -0.05) is 50.2 Å². The van der Waals surface area contributed by atoms with E-state index in [-0.39, 0.29) is 48.0 Å². The molecule has 1 spiro atoms. The lowest BCUT2D eigenvalue weighted by atomic mass is 9.90. The number of carbonyl (C=O) groups is 2. The number of phenolic OH excluding ortho intramolecular Hbond substituents is 1. The van der Waals surface area contributed by atoms with Crippen LogP contribution >= 0.6 is 11.3 Å². The quantitative estimate of drug-likeness (QED) is 0.0887. The molecule has 4 saturated heterocycles. The van der Waals surface area contributed by atoms with E-state index in [2.05, 4.69) is 50.2 Å². The topological polar surface area (TPSA) is 234 Å². The van der Waals surface area contributed by atoms with Crippen molar-refractivity contribution in [3.63, 3.8) is 0 Å². The highest BCUT2D eigenvalue weighted by Crippen LogP contribution is 2.39. The van der Waals surface area contributed by atoms with E-state index < -0.39 is 18.1 Å². The van der Waals surface area contributed by atoms with Crippen LogP contribution in [0.5, 0.6) is 17.5 Å². The molecule has 21 heteroatoms. The summed E-state index contributed by atoms with van der Waals surface area (Å²) in [6.07, 6.45) is 1.11. The number of nitrogens with zero attached hydrogens (tertiary/aromatic N) is 10. The van der Waals surface area contributed by atoms with Crippen LogP contribution in [-0.4, -0.2) is 172 Å². The third-order valence-electron chi connectivity index (χ3n) is 14.9. The number of para-hydroxylation sites is 1. The molecule has 5 N–H and O–H groups in total. The minimum absolute atomic E-state index is 0.0482. The Morgan fingerprint density at radius 2 is 1.64 bits per heavy atom. The van der Waals surface area contributed by atoms with Crippen LogP contribution in [0.3, 0.4) is 0 Å². The second kappa shape index (κ2) is 22.5. The molecular formula is C54H66N12O8S. The number of aromatic nitrogens is 5. The van der Waals surface area contributed by atoms with Crippen LogP contribution in [0, 0.1) is 12.8 Å². The fourth-order valence-electron chi connectivity index (χ4n) is 10.7. The van der Waals surface area contributed by atoms with E-state index in [0.29, 0.717) is 80.7 Å². The van der Waals surface area contributed by atoms with E-state index in [1.165, 1.54) is 4.90 Å².